The average molecular weight is 207 g/mol. The summed E-state index contributed by atoms with van der Waals surface area (Å²) in [5.41, 5.74) is 6.63. The molecule has 2 rings (SSSR count). The molecule has 82 valence electrons. The van der Waals surface area contributed by atoms with Crippen LogP contribution < -0.4 is 5.73 Å². The number of nitrogens with two attached hydrogens (primary N) is 1. The molecule has 0 unspecified atom stereocenters. The molecular formula is C12H17NO2. The van der Waals surface area contributed by atoms with E-state index in [4.69, 9.17) is 15.2 Å². The number of hydrogen-bond acceptors (Lipinski definition) is 3. The van der Waals surface area contributed by atoms with Crippen molar-refractivity contribution < 1.29 is 9.47 Å². The Bertz CT molecular complexity index is 296. The molecule has 2 N–H and O–H groups in total. The van der Waals surface area contributed by atoms with Gasteiger partial charge in [-0.15, -0.1) is 0 Å². The summed E-state index contributed by atoms with van der Waals surface area (Å²) in [6, 6.07) is 10.2. The highest BCUT2D eigenvalue weighted by atomic mass is 16.6. The fraction of sp³-hybridized carbons (Fsp3) is 0.500. The van der Waals surface area contributed by atoms with Crippen molar-refractivity contribution in [2.24, 2.45) is 5.73 Å². The zero-order valence-electron chi connectivity index (χ0n) is 8.82. The molecule has 0 radical (unpaired) electrons. The Morgan fingerprint density at radius 2 is 2.00 bits per heavy atom. The third kappa shape index (κ3) is 2.56. The molecule has 3 nitrogen and oxygen atoms in total. The molecule has 15 heavy (non-hydrogen) atoms. The van der Waals surface area contributed by atoms with Crippen LogP contribution in [0.5, 0.6) is 0 Å². The molecule has 0 saturated carbocycles. The summed E-state index contributed by atoms with van der Waals surface area (Å²) < 4.78 is 11.1. The molecular weight excluding hydrogens is 190 g/mol. The van der Waals surface area contributed by atoms with E-state index in [9.17, 15) is 0 Å². The van der Waals surface area contributed by atoms with Crippen LogP contribution in [0, 0.1) is 0 Å². The van der Waals surface area contributed by atoms with E-state index in [0.29, 0.717) is 26.4 Å². The van der Waals surface area contributed by atoms with Gasteiger partial charge >= 0.3 is 0 Å². The van der Waals surface area contributed by atoms with Crippen LogP contribution in [-0.2, 0) is 16.1 Å². The first kappa shape index (κ1) is 10.6. The van der Waals surface area contributed by atoms with E-state index in [1.54, 1.807) is 0 Å². The third-order valence-corrected chi connectivity index (χ3v) is 2.72. The quantitative estimate of drug-likeness (QED) is 0.792. The molecule has 1 aromatic rings. The molecule has 0 bridgehead atoms. The summed E-state index contributed by atoms with van der Waals surface area (Å²) in [7, 11) is 0. The second-order valence-electron chi connectivity index (χ2n) is 3.99. The van der Waals surface area contributed by atoms with E-state index in [2.05, 4.69) is 12.1 Å². The maximum absolute atomic E-state index is 5.89. The van der Waals surface area contributed by atoms with Gasteiger partial charge in [-0.3, -0.25) is 0 Å². The lowest BCUT2D eigenvalue weighted by Gasteiger charge is -2.41. The van der Waals surface area contributed by atoms with E-state index in [0.717, 1.165) is 6.42 Å². The van der Waals surface area contributed by atoms with Crippen molar-refractivity contribution in [1.29, 1.82) is 0 Å². The number of hydrogen-bond donors (Lipinski definition) is 1. The van der Waals surface area contributed by atoms with Gasteiger partial charge < -0.3 is 15.2 Å². The Balaban J connectivity index is 1.86. The van der Waals surface area contributed by atoms with Gasteiger partial charge in [0.15, 0.2) is 0 Å². The number of ether oxygens (including phenoxy) is 2. The first-order chi connectivity index (χ1) is 7.35. The van der Waals surface area contributed by atoms with Gasteiger partial charge in [-0.1, -0.05) is 30.3 Å². The number of benzene rings is 1. The Morgan fingerprint density at radius 1 is 1.27 bits per heavy atom. The maximum Gasteiger partial charge on any atom is 0.116 e. The van der Waals surface area contributed by atoms with E-state index in [-0.39, 0.29) is 5.60 Å². The molecule has 0 atom stereocenters. The van der Waals surface area contributed by atoms with Gasteiger partial charge in [0.1, 0.15) is 5.60 Å². The van der Waals surface area contributed by atoms with Gasteiger partial charge in [0, 0.05) is 0 Å². The van der Waals surface area contributed by atoms with Crippen molar-refractivity contribution in [2.75, 3.05) is 19.8 Å². The summed E-state index contributed by atoms with van der Waals surface area (Å²) in [5.74, 6) is 0. The van der Waals surface area contributed by atoms with Crippen molar-refractivity contribution >= 4 is 0 Å². The topological polar surface area (TPSA) is 44.5 Å². The van der Waals surface area contributed by atoms with Crippen molar-refractivity contribution in [2.45, 2.75) is 18.6 Å². The SMILES string of the molecule is NCCC1(OCc2ccccc2)COC1. The molecule has 1 aliphatic heterocycles. The first-order valence-corrected chi connectivity index (χ1v) is 5.30. The van der Waals surface area contributed by atoms with Gasteiger partial charge in [0.05, 0.1) is 19.8 Å². The van der Waals surface area contributed by atoms with Crippen LogP contribution >= 0.6 is 0 Å². The van der Waals surface area contributed by atoms with Gasteiger partial charge in [0.2, 0.25) is 0 Å². The Morgan fingerprint density at radius 3 is 2.53 bits per heavy atom. The van der Waals surface area contributed by atoms with Crippen LogP contribution in [0.25, 0.3) is 0 Å². The standard InChI is InChI=1S/C12H17NO2/c13-7-6-12(9-14-10-12)15-8-11-4-2-1-3-5-11/h1-5H,6-10,13H2. The molecule has 0 aromatic heterocycles. The normalized spacial score (nSPS) is 18.5. The lowest BCUT2D eigenvalue weighted by Crippen LogP contribution is -2.52. The van der Waals surface area contributed by atoms with E-state index < -0.39 is 0 Å². The summed E-state index contributed by atoms with van der Waals surface area (Å²) in [4.78, 5) is 0. The Hall–Kier alpha value is -0.900. The van der Waals surface area contributed by atoms with Crippen LogP contribution in [0.3, 0.4) is 0 Å². The Labute approximate surface area is 90.2 Å². The third-order valence-electron chi connectivity index (χ3n) is 2.72. The van der Waals surface area contributed by atoms with Crippen molar-refractivity contribution in [3.05, 3.63) is 35.9 Å². The van der Waals surface area contributed by atoms with E-state index in [1.807, 2.05) is 18.2 Å². The van der Waals surface area contributed by atoms with Gasteiger partial charge in [0.25, 0.3) is 0 Å². The van der Waals surface area contributed by atoms with Crippen molar-refractivity contribution in [1.82, 2.24) is 0 Å². The fourth-order valence-corrected chi connectivity index (χ4v) is 1.70. The summed E-state index contributed by atoms with van der Waals surface area (Å²) in [5, 5.41) is 0. The highest BCUT2D eigenvalue weighted by Crippen LogP contribution is 2.26. The minimum Gasteiger partial charge on any atom is -0.375 e. The lowest BCUT2D eigenvalue weighted by atomic mass is 9.97. The average Bonchev–Trinajstić information content (AvgIpc) is 2.23. The van der Waals surface area contributed by atoms with Crippen LogP contribution in [0.1, 0.15) is 12.0 Å². The Kier molecular flexibility index (Phi) is 3.36. The highest BCUT2D eigenvalue weighted by molar-refractivity contribution is 5.13. The van der Waals surface area contributed by atoms with E-state index in [1.165, 1.54) is 5.56 Å². The molecule has 0 spiro atoms. The molecule has 0 amide bonds. The van der Waals surface area contributed by atoms with Gasteiger partial charge in [-0.25, -0.2) is 0 Å². The first-order valence-electron chi connectivity index (χ1n) is 5.30. The van der Waals surface area contributed by atoms with Crippen LogP contribution in [0.15, 0.2) is 30.3 Å². The molecule has 1 saturated heterocycles. The predicted molar refractivity (Wildman–Crippen MR) is 58.5 cm³/mol. The second kappa shape index (κ2) is 4.75. The van der Waals surface area contributed by atoms with Crippen LogP contribution in [0.4, 0.5) is 0 Å². The molecule has 1 heterocycles. The zero-order valence-corrected chi connectivity index (χ0v) is 8.82. The van der Waals surface area contributed by atoms with Crippen molar-refractivity contribution in [3.8, 4) is 0 Å². The molecule has 3 heteroatoms. The van der Waals surface area contributed by atoms with Gasteiger partial charge in [-0.05, 0) is 18.5 Å². The largest absolute Gasteiger partial charge is 0.375 e. The maximum atomic E-state index is 5.89. The highest BCUT2D eigenvalue weighted by Gasteiger charge is 2.38. The lowest BCUT2D eigenvalue weighted by molar-refractivity contribution is -0.217. The van der Waals surface area contributed by atoms with Crippen molar-refractivity contribution in [3.63, 3.8) is 0 Å². The summed E-state index contributed by atoms with van der Waals surface area (Å²) >= 11 is 0. The smallest absolute Gasteiger partial charge is 0.116 e. The second-order valence-corrected chi connectivity index (χ2v) is 3.99. The molecule has 1 aliphatic rings. The minimum absolute atomic E-state index is 0.120. The van der Waals surface area contributed by atoms with Crippen LogP contribution in [0.2, 0.25) is 0 Å². The van der Waals surface area contributed by atoms with E-state index >= 15 is 0 Å². The van der Waals surface area contributed by atoms with Gasteiger partial charge in [-0.2, -0.15) is 0 Å². The number of rotatable bonds is 5. The predicted octanol–water partition coefficient (Wildman–Crippen LogP) is 1.32. The monoisotopic (exact) mass is 207 g/mol. The molecule has 1 aromatic carbocycles. The zero-order chi connectivity index (χ0) is 10.6. The van der Waals surface area contributed by atoms with Crippen LogP contribution in [-0.4, -0.2) is 25.4 Å². The summed E-state index contributed by atoms with van der Waals surface area (Å²) in [6.07, 6.45) is 0.875. The fourth-order valence-electron chi connectivity index (χ4n) is 1.70. The molecule has 1 fully saturated rings. The molecule has 0 aliphatic carbocycles. The summed E-state index contributed by atoms with van der Waals surface area (Å²) in [6.45, 7) is 2.65. The minimum atomic E-state index is -0.120.